The Hall–Kier alpha value is -1.93. The van der Waals surface area contributed by atoms with Crippen molar-refractivity contribution < 1.29 is 4.79 Å². The predicted octanol–water partition coefficient (Wildman–Crippen LogP) is 4.62. The van der Waals surface area contributed by atoms with E-state index in [1.807, 2.05) is 31.2 Å². The average Bonchev–Trinajstić information content (AvgIpc) is 2.83. The second kappa shape index (κ2) is 6.52. The van der Waals surface area contributed by atoms with E-state index >= 15 is 0 Å². The van der Waals surface area contributed by atoms with Gasteiger partial charge < -0.3 is 0 Å². The molecule has 4 rings (SSSR count). The summed E-state index contributed by atoms with van der Waals surface area (Å²) in [5.41, 5.74) is 3.43. The molecular weight excluding hydrogens is 294 g/mol. The van der Waals surface area contributed by atoms with Crippen molar-refractivity contribution in [3.63, 3.8) is 0 Å². The molecule has 0 radical (unpaired) electrons. The molecule has 2 aromatic rings. The van der Waals surface area contributed by atoms with Crippen molar-refractivity contribution >= 4 is 5.78 Å². The van der Waals surface area contributed by atoms with Crippen LogP contribution in [0.15, 0.2) is 54.6 Å². The molecule has 2 heteroatoms. The summed E-state index contributed by atoms with van der Waals surface area (Å²) in [7, 11) is 0. The number of hydrogen-bond donors (Lipinski definition) is 0. The monoisotopic (exact) mass is 319 g/mol. The Balaban J connectivity index is 1.48. The number of ketones is 1. The first-order valence-electron chi connectivity index (χ1n) is 9.12. The van der Waals surface area contributed by atoms with Gasteiger partial charge in [0.1, 0.15) is 0 Å². The molecule has 24 heavy (non-hydrogen) atoms. The van der Waals surface area contributed by atoms with Crippen LogP contribution in [-0.4, -0.2) is 22.8 Å². The third-order valence-electron chi connectivity index (χ3n) is 5.87. The lowest BCUT2D eigenvalue weighted by molar-refractivity contribution is 0.0677. The van der Waals surface area contributed by atoms with Crippen molar-refractivity contribution in [3.05, 3.63) is 71.3 Å². The molecule has 2 fully saturated rings. The Morgan fingerprint density at radius 1 is 0.958 bits per heavy atom. The zero-order valence-electron chi connectivity index (χ0n) is 14.3. The van der Waals surface area contributed by atoms with Crippen LogP contribution in [0.4, 0.5) is 0 Å². The molecule has 2 unspecified atom stereocenters. The average molecular weight is 319 g/mol. The van der Waals surface area contributed by atoms with E-state index in [2.05, 4.69) is 35.2 Å². The number of piperidine rings is 1. The fourth-order valence-electron chi connectivity index (χ4n) is 4.61. The molecule has 124 valence electrons. The highest BCUT2D eigenvalue weighted by Crippen LogP contribution is 2.40. The maximum atomic E-state index is 13.0. The summed E-state index contributed by atoms with van der Waals surface area (Å²) < 4.78 is 0. The Kier molecular flexibility index (Phi) is 4.24. The molecule has 0 aromatic heterocycles. The second-order valence-electron chi connectivity index (χ2n) is 7.39. The van der Waals surface area contributed by atoms with E-state index in [0.717, 1.165) is 30.5 Å². The molecule has 2 heterocycles. The third kappa shape index (κ3) is 2.91. The van der Waals surface area contributed by atoms with Gasteiger partial charge in [-0.3, -0.25) is 9.69 Å². The van der Waals surface area contributed by atoms with Crippen LogP contribution >= 0.6 is 0 Å². The van der Waals surface area contributed by atoms with Crippen molar-refractivity contribution in [1.82, 2.24) is 4.90 Å². The van der Waals surface area contributed by atoms with Crippen LogP contribution < -0.4 is 0 Å². The summed E-state index contributed by atoms with van der Waals surface area (Å²) in [5, 5.41) is 0. The number of nitrogens with zero attached hydrogens (tertiary/aromatic N) is 1. The first-order chi connectivity index (χ1) is 11.7. The summed E-state index contributed by atoms with van der Waals surface area (Å²) in [6.07, 6.45) is 4.54. The fourth-order valence-corrected chi connectivity index (χ4v) is 4.61. The van der Waals surface area contributed by atoms with Gasteiger partial charge in [0.05, 0.1) is 0 Å². The number of carbonyl (C=O) groups excluding carboxylic acids is 1. The van der Waals surface area contributed by atoms with Gasteiger partial charge in [0, 0.05) is 30.1 Å². The first-order valence-corrected chi connectivity index (χ1v) is 9.12. The molecule has 0 saturated carbocycles. The van der Waals surface area contributed by atoms with Crippen LogP contribution in [0.2, 0.25) is 0 Å². The van der Waals surface area contributed by atoms with Gasteiger partial charge in [-0.1, -0.05) is 54.6 Å². The van der Waals surface area contributed by atoms with Crippen molar-refractivity contribution in [1.29, 1.82) is 0 Å². The Morgan fingerprint density at radius 2 is 1.58 bits per heavy atom. The van der Waals surface area contributed by atoms with E-state index in [-0.39, 0.29) is 5.92 Å². The summed E-state index contributed by atoms with van der Waals surface area (Å²) >= 11 is 0. The number of hydrogen-bond acceptors (Lipinski definition) is 2. The van der Waals surface area contributed by atoms with Gasteiger partial charge >= 0.3 is 0 Å². The van der Waals surface area contributed by atoms with Crippen molar-refractivity contribution in [2.75, 3.05) is 0 Å². The van der Waals surface area contributed by atoms with Gasteiger partial charge in [0.15, 0.2) is 5.78 Å². The van der Waals surface area contributed by atoms with E-state index < -0.39 is 0 Å². The topological polar surface area (TPSA) is 20.3 Å². The van der Waals surface area contributed by atoms with Gasteiger partial charge in [-0.05, 0) is 43.7 Å². The molecule has 2 atom stereocenters. The summed E-state index contributed by atoms with van der Waals surface area (Å²) in [6.45, 7) is 3.08. The molecule has 0 amide bonds. The number of carbonyl (C=O) groups is 1. The van der Waals surface area contributed by atoms with E-state index in [4.69, 9.17) is 0 Å². The molecule has 0 N–H and O–H groups in total. The molecule has 2 nitrogen and oxygen atoms in total. The zero-order valence-corrected chi connectivity index (χ0v) is 14.3. The summed E-state index contributed by atoms with van der Waals surface area (Å²) in [5.74, 6) is 0.569. The van der Waals surface area contributed by atoms with Crippen LogP contribution in [0.25, 0.3) is 0 Å². The lowest BCUT2D eigenvalue weighted by Gasteiger charge is -2.38. The van der Waals surface area contributed by atoms with E-state index in [9.17, 15) is 4.79 Å². The van der Waals surface area contributed by atoms with Crippen molar-refractivity contribution in [3.8, 4) is 0 Å². The van der Waals surface area contributed by atoms with Gasteiger partial charge in [-0.25, -0.2) is 0 Å². The summed E-state index contributed by atoms with van der Waals surface area (Å²) in [6, 6.07) is 19.9. The van der Waals surface area contributed by atoms with Crippen LogP contribution in [0.3, 0.4) is 0 Å². The van der Waals surface area contributed by atoms with Crippen LogP contribution in [-0.2, 0) is 6.54 Å². The minimum atomic E-state index is 0.204. The zero-order chi connectivity index (χ0) is 16.5. The standard InChI is InChI=1S/C22H25NO/c1-16-7-5-6-10-21(16)22(24)18-13-19-11-12-20(14-18)23(19)15-17-8-3-2-4-9-17/h2-10,18-20H,11-15H2,1H3. The lowest BCUT2D eigenvalue weighted by Crippen LogP contribution is -2.44. The SMILES string of the molecule is Cc1ccccc1C(=O)C1CC2CCC(C1)N2Cc1ccccc1. The highest BCUT2D eigenvalue weighted by molar-refractivity contribution is 5.99. The third-order valence-corrected chi connectivity index (χ3v) is 5.87. The minimum absolute atomic E-state index is 0.204. The Labute approximate surface area is 144 Å². The largest absolute Gasteiger partial charge is 0.294 e. The molecular formula is C22H25NO. The van der Waals surface area contributed by atoms with Gasteiger partial charge in [0.2, 0.25) is 0 Å². The second-order valence-corrected chi connectivity index (χ2v) is 7.39. The quantitative estimate of drug-likeness (QED) is 0.766. The normalized spacial score (nSPS) is 26.5. The van der Waals surface area contributed by atoms with Crippen molar-refractivity contribution in [2.24, 2.45) is 5.92 Å². The number of benzene rings is 2. The van der Waals surface area contributed by atoms with E-state index in [0.29, 0.717) is 17.9 Å². The number of Topliss-reactive ketones (excluding diaryl/α,β-unsaturated/α-hetero) is 1. The predicted molar refractivity (Wildman–Crippen MR) is 97.0 cm³/mol. The van der Waals surface area contributed by atoms with E-state index in [1.165, 1.54) is 18.4 Å². The van der Waals surface area contributed by atoms with Gasteiger partial charge in [0.25, 0.3) is 0 Å². The molecule has 2 aromatic carbocycles. The van der Waals surface area contributed by atoms with Gasteiger partial charge in [-0.15, -0.1) is 0 Å². The highest BCUT2D eigenvalue weighted by Gasteiger charge is 2.42. The molecule has 2 aliphatic rings. The van der Waals surface area contributed by atoms with Crippen molar-refractivity contribution in [2.45, 2.75) is 51.2 Å². The molecule has 0 spiro atoms. The Morgan fingerprint density at radius 3 is 2.25 bits per heavy atom. The molecule has 0 aliphatic carbocycles. The van der Waals surface area contributed by atoms with Gasteiger partial charge in [-0.2, -0.15) is 0 Å². The van der Waals surface area contributed by atoms with Crippen LogP contribution in [0.5, 0.6) is 0 Å². The van der Waals surface area contributed by atoms with Crippen LogP contribution in [0.1, 0.15) is 47.2 Å². The first kappa shape index (κ1) is 15.6. The maximum Gasteiger partial charge on any atom is 0.166 e. The number of fused-ring (bicyclic) bond motifs is 2. The van der Waals surface area contributed by atoms with Crippen LogP contribution in [0, 0.1) is 12.8 Å². The number of rotatable bonds is 4. The lowest BCUT2D eigenvalue weighted by atomic mass is 9.83. The number of aryl methyl sites for hydroxylation is 1. The summed E-state index contributed by atoms with van der Waals surface area (Å²) in [4.78, 5) is 15.6. The molecule has 2 saturated heterocycles. The smallest absolute Gasteiger partial charge is 0.166 e. The minimum Gasteiger partial charge on any atom is -0.294 e. The fraction of sp³-hybridized carbons (Fsp3) is 0.409. The molecule has 2 aliphatic heterocycles. The maximum absolute atomic E-state index is 13.0. The Bertz CT molecular complexity index is 710. The molecule has 2 bridgehead atoms. The highest BCUT2D eigenvalue weighted by atomic mass is 16.1. The van der Waals surface area contributed by atoms with E-state index in [1.54, 1.807) is 0 Å².